The third-order valence-electron chi connectivity index (χ3n) is 4.58. The lowest BCUT2D eigenvalue weighted by Gasteiger charge is -2.27. The van der Waals surface area contributed by atoms with E-state index < -0.39 is 5.54 Å². The van der Waals surface area contributed by atoms with Crippen LogP contribution in [0.25, 0.3) is 0 Å². The van der Waals surface area contributed by atoms with Gasteiger partial charge in [0, 0.05) is 18.0 Å². The molecule has 3 rings (SSSR count). The fourth-order valence-corrected chi connectivity index (χ4v) is 2.98. The lowest BCUT2D eigenvalue weighted by Crippen LogP contribution is -2.45. The predicted octanol–water partition coefficient (Wildman–Crippen LogP) is 2.81. The Morgan fingerprint density at radius 1 is 1.23 bits per heavy atom. The van der Waals surface area contributed by atoms with Crippen LogP contribution in [0.15, 0.2) is 48.9 Å². The number of carbonyl (C=O) groups excluding carboxylic acids is 1. The van der Waals surface area contributed by atoms with Crippen molar-refractivity contribution in [1.82, 2.24) is 25.1 Å². The van der Waals surface area contributed by atoms with Crippen LogP contribution in [0, 0.1) is 29.6 Å². The molecule has 2 heterocycles. The van der Waals surface area contributed by atoms with Crippen LogP contribution in [-0.4, -0.2) is 25.7 Å². The zero-order valence-corrected chi connectivity index (χ0v) is 16.6. The second-order valence-corrected chi connectivity index (χ2v) is 6.63. The van der Waals surface area contributed by atoms with Gasteiger partial charge in [0.2, 0.25) is 5.95 Å². The average Bonchev–Trinajstić information content (AvgIpc) is 3.21. The molecule has 0 saturated heterocycles. The van der Waals surface area contributed by atoms with Gasteiger partial charge in [-0.2, -0.15) is 15.6 Å². The summed E-state index contributed by atoms with van der Waals surface area (Å²) in [5.74, 6) is -0.0987. The molecule has 0 aliphatic heterocycles. The Kier molecular flexibility index (Phi) is 6.04. The van der Waals surface area contributed by atoms with Crippen LogP contribution in [0.3, 0.4) is 0 Å². The van der Waals surface area contributed by atoms with Gasteiger partial charge in [-0.1, -0.05) is 25.1 Å². The van der Waals surface area contributed by atoms with E-state index in [-0.39, 0.29) is 18.4 Å². The molecule has 3 aromatic rings. The summed E-state index contributed by atoms with van der Waals surface area (Å²) in [6, 6.07) is 13.0. The summed E-state index contributed by atoms with van der Waals surface area (Å²) in [5, 5.41) is 28.7. The molecule has 0 bridgehead atoms. The quantitative estimate of drug-likeness (QED) is 0.623. The van der Waals surface area contributed by atoms with Crippen molar-refractivity contribution < 1.29 is 4.79 Å². The second-order valence-electron chi connectivity index (χ2n) is 6.63. The van der Waals surface area contributed by atoms with E-state index in [1.807, 2.05) is 19.1 Å². The van der Waals surface area contributed by atoms with Gasteiger partial charge in [0.05, 0.1) is 29.7 Å². The number of benzene rings is 1. The van der Waals surface area contributed by atoms with Gasteiger partial charge in [0.15, 0.2) is 5.54 Å². The maximum absolute atomic E-state index is 12.7. The molecule has 0 unspecified atom stereocenters. The molecule has 0 fully saturated rings. The highest BCUT2D eigenvalue weighted by atomic mass is 16.1. The number of nitrogens with one attached hydrogen (secondary N) is 2. The number of nitriles is 2. The van der Waals surface area contributed by atoms with Crippen molar-refractivity contribution in [2.45, 2.75) is 32.4 Å². The Balaban J connectivity index is 1.92. The fourth-order valence-electron chi connectivity index (χ4n) is 2.98. The van der Waals surface area contributed by atoms with Crippen molar-refractivity contribution in [3.63, 3.8) is 0 Å². The summed E-state index contributed by atoms with van der Waals surface area (Å²) in [6.07, 6.45) is 5.12. The van der Waals surface area contributed by atoms with E-state index in [0.29, 0.717) is 28.9 Å². The molecule has 1 atom stereocenters. The summed E-state index contributed by atoms with van der Waals surface area (Å²) in [6.45, 7) is 3.73. The molecule has 0 aliphatic rings. The minimum Gasteiger partial charge on any atom is -0.329 e. The Hall–Kier alpha value is -4.24. The molecule has 1 aromatic carbocycles. The lowest BCUT2D eigenvalue weighted by atomic mass is 9.90. The zero-order valence-electron chi connectivity index (χ0n) is 16.6. The summed E-state index contributed by atoms with van der Waals surface area (Å²) in [5.41, 5.74) is 0.839. The molecular formula is C21H20N8O. The van der Waals surface area contributed by atoms with Crippen molar-refractivity contribution in [3.05, 3.63) is 65.7 Å². The van der Waals surface area contributed by atoms with Crippen molar-refractivity contribution in [3.8, 4) is 12.1 Å². The highest BCUT2D eigenvalue weighted by molar-refractivity contribution is 5.95. The maximum Gasteiger partial charge on any atom is 0.252 e. The van der Waals surface area contributed by atoms with E-state index in [4.69, 9.17) is 5.26 Å². The lowest BCUT2D eigenvalue weighted by molar-refractivity contribution is 0.0914. The molecule has 0 saturated carbocycles. The second kappa shape index (κ2) is 8.84. The van der Waals surface area contributed by atoms with E-state index in [9.17, 15) is 10.1 Å². The Labute approximate surface area is 174 Å². The van der Waals surface area contributed by atoms with E-state index in [1.165, 1.54) is 4.68 Å². The number of hydrogen-bond acceptors (Lipinski definition) is 7. The van der Waals surface area contributed by atoms with Crippen LogP contribution < -0.4 is 10.6 Å². The molecule has 1 amide bonds. The Morgan fingerprint density at radius 3 is 2.67 bits per heavy atom. The molecule has 9 heteroatoms. The van der Waals surface area contributed by atoms with Crippen LogP contribution in [0.4, 0.5) is 11.6 Å². The van der Waals surface area contributed by atoms with Crippen molar-refractivity contribution in [1.29, 1.82) is 10.5 Å². The number of carbonyl (C=O) groups is 1. The number of hydrogen-bond donors (Lipinski definition) is 2. The minimum absolute atomic E-state index is 0.126. The first kappa shape index (κ1) is 20.5. The third-order valence-corrected chi connectivity index (χ3v) is 4.58. The number of anilines is 2. The number of aromatic nitrogens is 4. The topological polar surface area (TPSA) is 132 Å². The van der Waals surface area contributed by atoms with Crippen LogP contribution >= 0.6 is 0 Å². The minimum atomic E-state index is -1.32. The number of aryl methyl sites for hydroxylation is 1. The number of rotatable bonds is 7. The molecule has 0 spiro atoms. The Morgan fingerprint density at radius 2 is 2.00 bits per heavy atom. The van der Waals surface area contributed by atoms with Gasteiger partial charge in [-0.05, 0) is 31.0 Å². The van der Waals surface area contributed by atoms with E-state index in [0.717, 1.165) is 0 Å². The summed E-state index contributed by atoms with van der Waals surface area (Å²) < 4.78 is 1.48. The first-order valence-electron chi connectivity index (χ1n) is 9.30. The van der Waals surface area contributed by atoms with Crippen LogP contribution in [0.1, 0.15) is 35.0 Å². The van der Waals surface area contributed by atoms with E-state index in [2.05, 4.69) is 31.8 Å². The van der Waals surface area contributed by atoms with Crippen molar-refractivity contribution in [2.75, 3.05) is 5.32 Å². The van der Waals surface area contributed by atoms with Gasteiger partial charge >= 0.3 is 0 Å². The highest BCUT2D eigenvalue weighted by Gasteiger charge is 2.36. The Bertz CT molecular complexity index is 1130. The first-order chi connectivity index (χ1) is 14.5. The molecule has 2 aromatic heterocycles. The average molecular weight is 400 g/mol. The first-order valence-corrected chi connectivity index (χ1v) is 9.30. The van der Waals surface area contributed by atoms with Gasteiger partial charge in [0.25, 0.3) is 5.91 Å². The number of amides is 1. The summed E-state index contributed by atoms with van der Waals surface area (Å²) >= 11 is 0. The molecule has 150 valence electrons. The van der Waals surface area contributed by atoms with Crippen LogP contribution in [0.2, 0.25) is 0 Å². The van der Waals surface area contributed by atoms with Gasteiger partial charge in [-0.15, -0.1) is 0 Å². The summed E-state index contributed by atoms with van der Waals surface area (Å²) in [4.78, 5) is 21.5. The molecule has 0 aliphatic carbocycles. The third kappa shape index (κ3) is 4.26. The summed E-state index contributed by atoms with van der Waals surface area (Å²) in [7, 11) is 0. The standard InChI is InChI=1S/C21H20N8O/c1-3-21(14-23,28-19(30)16-7-5-4-6-8-16)18-15(2)11-24-20(27-18)26-17-12-25-29(13-17)10-9-22/h4-8,11-13H,3,10H2,1-2H3,(H,28,30)(H,24,26,27)/t21-/m1/s1. The maximum atomic E-state index is 12.7. The molecule has 9 nitrogen and oxygen atoms in total. The largest absolute Gasteiger partial charge is 0.329 e. The fraction of sp³-hybridized carbons (Fsp3) is 0.238. The SMILES string of the molecule is CC[C@](C#N)(NC(=O)c1ccccc1)c1nc(Nc2cnn(CC#N)c2)ncc1C. The molecular weight excluding hydrogens is 380 g/mol. The van der Waals surface area contributed by atoms with Crippen LogP contribution in [-0.2, 0) is 12.1 Å². The van der Waals surface area contributed by atoms with E-state index >= 15 is 0 Å². The van der Waals surface area contributed by atoms with Gasteiger partial charge < -0.3 is 10.6 Å². The smallest absolute Gasteiger partial charge is 0.252 e. The monoisotopic (exact) mass is 400 g/mol. The van der Waals surface area contributed by atoms with Gasteiger partial charge in [0.1, 0.15) is 6.54 Å². The molecule has 0 radical (unpaired) electrons. The van der Waals surface area contributed by atoms with Crippen LogP contribution in [0.5, 0.6) is 0 Å². The highest BCUT2D eigenvalue weighted by Crippen LogP contribution is 2.27. The molecule has 30 heavy (non-hydrogen) atoms. The van der Waals surface area contributed by atoms with Crippen molar-refractivity contribution in [2.24, 2.45) is 0 Å². The van der Waals surface area contributed by atoms with E-state index in [1.54, 1.807) is 49.8 Å². The zero-order chi connectivity index (χ0) is 21.6. The number of nitrogens with zero attached hydrogens (tertiary/aromatic N) is 6. The van der Waals surface area contributed by atoms with Gasteiger partial charge in [-0.3, -0.25) is 9.48 Å². The normalized spacial score (nSPS) is 12.3. The predicted molar refractivity (Wildman–Crippen MR) is 109 cm³/mol. The molecule has 2 N–H and O–H groups in total. The van der Waals surface area contributed by atoms with Gasteiger partial charge in [-0.25, -0.2) is 9.97 Å². The van der Waals surface area contributed by atoms with Crippen molar-refractivity contribution >= 4 is 17.5 Å².